The van der Waals surface area contributed by atoms with Gasteiger partial charge in [0.15, 0.2) is 0 Å². The molecule has 0 bridgehead atoms. The molecule has 0 atom stereocenters. The lowest BCUT2D eigenvalue weighted by molar-refractivity contribution is 0.626. The predicted octanol–water partition coefficient (Wildman–Crippen LogP) is 3.60. The van der Waals surface area contributed by atoms with Crippen LogP contribution in [0.5, 0.6) is 0 Å². The van der Waals surface area contributed by atoms with Crippen LogP contribution in [0.15, 0.2) is 42.6 Å². The van der Waals surface area contributed by atoms with Crippen molar-refractivity contribution < 1.29 is 4.39 Å². The van der Waals surface area contributed by atoms with Crippen molar-refractivity contribution in [3.63, 3.8) is 0 Å². The van der Waals surface area contributed by atoms with Crippen molar-refractivity contribution in [1.29, 1.82) is 0 Å². The van der Waals surface area contributed by atoms with Crippen LogP contribution in [0.2, 0.25) is 0 Å². The molecule has 0 unspecified atom stereocenters. The highest BCUT2D eigenvalue weighted by atomic mass is 35.5. The summed E-state index contributed by atoms with van der Waals surface area (Å²) < 4.78 is 13.1. The summed E-state index contributed by atoms with van der Waals surface area (Å²) in [5.74, 6) is 0.0280. The molecule has 0 aliphatic carbocycles. The molecule has 2 aromatic rings. The lowest BCUT2D eigenvalue weighted by Crippen LogP contribution is -2.18. The monoisotopic (exact) mass is 264 g/mol. The lowest BCUT2D eigenvalue weighted by atomic mass is 10.1. The van der Waals surface area contributed by atoms with Crippen molar-refractivity contribution in [2.24, 2.45) is 0 Å². The lowest BCUT2D eigenvalue weighted by Gasteiger charge is -2.21. The molecule has 0 amide bonds. The maximum Gasteiger partial charge on any atom is 0.123 e. The van der Waals surface area contributed by atoms with Crippen molar-refractivity contribution in [1.82, 2.24) is 4.98 Å². The molecule has 2 nitrogen and oxygen atoms in total. The van der Waals surface area contributed by atoms with Crippen LogP contribution in [-0.4, -0.2) is 12.0 Å². The van der Waals surface area contributed by atoms with Crippen LogP contribution in [-0.2, 0) is 12.4 Å². The first kappa shape index (κ1) is 12.8. The number of anilines is 1. The number of rotatable bonds is 4. The van der Waals surface area contributed by atoms with Crippen molar-refractivity contribution in [2.75, 3.05) is 11.9 Å². The fraction of sp³-hybridized carbons (Fsp3) is 0.214. The summed E-state index contributed by atoms with van der Waals surface area (Å²) in [4.78, 5) is 6.28. The van der Waals surface area contributed by atoms with Gasteiger partial charge in [-0.1, -0.05) is 6.07 Å². The van der Waals surface area contributed by atoms with E-state index in [2.05, 4.69) is 4.98 Å². The van der Waals surface area contributed by atoms with E-state index in [9.17, 15) is 4.39 Å². The molecular weight excluding hydrogens is 251 g/mol. The average molecular weight is 265 g/mol. The van der Waals surface area contributed by atoms with Crippen molar-refractivity contribution in [3.05, 3.63) is 59.7 Å². The van der Waals surface area contributed by atoms with E-state index in [0.717, 1.165) is 16.9 Å². The zero-order valence-electron chi connectivity index (χ0n) is 10.1. The van der Waals surface area contributed by atoms with Gasteiger partial charge in [0.1, 0.15) is 5.82 Å². The number of aromatic nitrogens is 1. The van der Waals surface area contributed by atoms with Gasteiger partial charge in [-0.25, -0.2) is 4.39 Å². The molecule has 0 aliphatic rings. The molecule has 0 saturated carbocycles. The van der Waals surface area contributed by atoms with Gasteiger partial charge in [-0.2, -0.15) is 0 Å². The Morgan fingerprint density at radius 1 is 1.28 bits per heavy atom. The fourth-order valence-corrected chi connectivity index (χ4v) is 2.07. The average Bonchev–Trinajstić information content (AvgIpc) is 2.39. The van der Waals surface area contributed by atoms with Crippen molar-refractivity contribution in [3.8, 4) is 0 Å². The van der Waals surface area contributed by atoms with Gasteiger partial charge in [0.05, 0.1) is 12.2 Å². The highest BCUT2D eigenvalue weighted by Crippen LogP contribution is 2.23. The Bertz CT molecular complexity index is 516. The van der Waals surface area contributed by atoms with Gasteiger partial charge in [-0.05, 0) is 35.9 Å². The normalized spacial score (nSPS) is 10.4. The Morgan fingerprint density at radius 2 is 2.11 bits per heavy atom. The fourth-order valence-electron chi connectivity index (χ4n) is 1.85. The molecule has 4 heteroatoms. The predicted molar refractivity (Wildman–Crippen MR) is 72.3 cm³/mol. The van der Waals surface area contributed by atoms with E-state index < -0.39 is 0 Å². The van der Waals surface area contributed by atoms with E-state index in [1.54, 1.807) is 12.3 Å². The molecule has 94 valence electrons. The summed E-state index contributed by atoms with van der Waals surface area (Å²) in [5, 5.41) is 0. The zero-order valence-corrected chi connectivity index (χ0v) is 10.9. The van der Waals surface area contributed by atoms with E-state index in [1.807, 2.05) is 30.1 Å². The number of hydrogen-bond acceptors (Lipinski definition) is 2. The number of alkyl halides is 1. The van der Waals surface area contributed by atoms with Gasteiger partial charge >= 0.3 is 0 Å². The summed E-state index contributed by atoms with van der Waals surface area (Å²) in [5.41, 5.74) is 2.68. The van der Waals surface area contributed by atoms with Crippen LogP contribution in [0.25, 0.3) is 0 Å². The number of halogens is 2. The van der Waals surface area contributed by atoms with Gasteiger partial charge in [0.25, 0.3) is 0 Å². The highest BCUT2D eigenvalue weighted by Gasteiger charge is 2.09. The smallest absolute Gasteiger partial charge is 0.123 e. The third kappa shape index (κ3) is 2.99. The standard InChI is InChI=1S/C14H14ClFN2/c1-18(10-13-4-2-3-7-17-13)14-6-5-12(16)8-11(14)9-15/h2-8H,9-10H2,1H3. The van der Waals surface area contributed by atoms with Crippen LogP contribution < -0.4 is 4.90 Å². The molecule has 2 rings (SSSR count). The second kappa shape index (κ2) is 5.83. The quantitative estimate of drug-likeness (QED) is 0.785. The van der Waals surface area contributed by atoms with E-state index in [-0.39, 0.29) is 5.82 Å². The number of benzene rings is 1. The second-order valence-electron chi connectivity index (χ2n) is 4.08. The molecule has 1 heterocycles. The first-order chi connectivity index (χ1) is 8.70. The minimum atomic E-state index is -0.263. The summed E-state index contributed by atoms with van der Waals surface area (Å²) >= 11 is 5.84. The zero-order chi connectivity index (χ0) is 13.0. The maximum absolute atomic E-state index is 13.1. The molecule has 0 N–H and O–H groups in total. The first-order valence-corrected chi connectivity index (χ1v) is 6.19. The Morgan fingerprint density at radius 3 is 2.78 bits per heavy atom. The Hall–Kier alpha value is -1.61. The molecule has 1 aromatic heterocycles. The van der Waals surface area contributed by atoms with Gasteiger partial charge < -0.3 is 4.90 Å². The van der Waals surface area contributed by atoms with E-state index in [4.69, 9.17) is 11.6 Å². The van der Waals surface area contributed by atoms with E-state index in [1.165, 1.54) is 12.1 Å². The second-order valence-corrected chi connectivity index (χ2v) is 4.35. The molecule has 0 fully saturated rings. The minimum Gasteiger partial charge on any atom is -0.368 e. The summed E-state index contributed by atoms with van der Waals surface area (Å²) in [6.07, 6.45) is 1.76. The van der Waals surface area contributed by atoms with Crippen LogP contribution in [0.3, 0.4) is 0 Å². The van der Waals surface area contributed by atoms with Gasteiger partial charge in [0.2, 0.25) is 0 Å². The Kier molecular flexibility index (Phi) is 4.15. The van der Waals surface area contributed by atoms with Gasteiger partial charge in [0, 0.05) is 24.8 Å². The van der Waals surface area contributed by atoms with E-state index >= 15 is 0 Å². The SMILES string of the molecule is CN(Cc1ccccn1)c1ccc(F)cc1CCl. The number of pyridine rings is 1. The highest BCUT2D eigenvalue weighted by molar-refractivity contribution is 6.17. The molecule has 18 heavy (non-hydrogen) atoms. The van der Waals surface area contributed by atoms with Gasteiger partial charge in [-0.3, -0.25) is 4.98 Å². The topological polar surface area (TPSA) is 16.1 Å². The molecule has 0 saturated heterocycles. The number of nitrogens with zero attached hydrogens (tertiary/aromatic N) is 2. The summed E-state index contributed by atoms with van der Waals surface area (Å²) in [7, 11) is 1.94. The third-order valence-corrected chi connectivity index (χ3v) is 3.01. The Labute approximate surface area is 111 Å². The van der Waals surface area contributed by atoms with Crippen LogP contribution >= 0.6 is 11.6 Å². The molecule has 0 radical (unpaired) electrons. The first-order valence-electron chi connectivity index (χ1n) is 5.66. The van der Waals surface area contributed by atoms with Gasteiger partial charge in [-0.15, -0.1) is 11.6 Å². The minimum absolute atomic E-state index is 0.263. The maximum atomic E-state index is 13.1. The van der Waals surface area contributed by atoms with Crippen molar-refractivity contribution in [2.45, 2.75) is 12.4 Å². The van der Waals surface area contributed by atoms with Crippen LogP contribution in [0.1, 0.15) is 11.3 Å². The molecule has 1 aromatic carbocycles. The van der Waals surface area contributed by atoms with Crippen molar-refractivity contribution >= 4 is 17.3 Å². The summed E-state index contributed by atoms with van der Waals surface area (Å²) in [6, 6.07) is 10.4. The third-order valence-electron chi connectivity index (χ3n) is 2.72. The van der Waals surface area contributed by atoms with Crippen LogP contribution in [0, 0.1) is 5.82 Å². The van der Waals surface area contributed by atoms with E-state index in [0.29, 0.717) is 12.4 Å². The number of hydrogen-bond donors (Lipinski definition) is 0. The largest absolute Gasteiger partial charge is 0.368 e. The molecule has 0 aliphatic heterocycles. The summed E-state index contributed by atoms with van der Waals surface area (Å²) in [6.45, 7) is 0.663. The molecule has 0 spiro atoms. The molecular formula is C14H14ClFN2. The Balaban J connectivity index is 2.21. The van der Waals surface area contributed by atoms with Crippen LogP contribution in [0.4, 0.5) is 10.1 Å².